The van der Waals surface area contributed by atoms with Gasteiger partial charge in [-0.15, -0.1) is 0 Å². The molecule has 1 aliphatic heterocycles. The number of pyridine rings is 1. The molecule has 1 aromatic heterocycles. The maximum atomic E-state index is 5.89. The topological polar surface area (TPSA) is 51.4 Å². The summed E-state index contributed by atoms with van der Waals surface area (Å²) >= 11 is 0. The molecule has 0 bridgehead atoms. The van der Waals surface area contributed by atoms with E-state index in [4.69, 9.17) is 10.5 Å². The van der Waals surface area contributed by atoms with Crippen LogP contribution in [0.2, 0.25) is 0 Å². The van der Waals surface area contributed by atoms with Crippen molar-refractivity contribution in [2.24, 2.45) is 0 Å². The first-order valence-corrected chi connectivity index (χ1v) is 7.42. The van der Waals surface area contributed by atoms with Gasteiger partial charge in [-0.2, -0.15) is 4.98 Å². The Bertz CT molecular complexity index is 406. The summed E-state index contributed by atoms with van der Waals surface area (Å²) in [5.41, 5.74) is 6.51. The van der Waals surface area contributed by atoms with Gasteiger partial charge >= 0.3 is 0 Å². The third-order valence-electron chi connectivity index (χ3n) is 3.70. The molecule has 0 spiro atoms. The van der Waals surface area contributed by atoms with Crippen molar-refractivity contribution in [1.82, 2.24) is 4.98 Å². The van der Waals surface area contributed by atoms with E-state index >= 15 is 0 Å². The van der Waals surface area contributed by atoms with Gasteiger partial charge in [-0.05, 0) is 44.7 Å². The zero-order valence-electron chi connectivity index (χ0n) is 12.1. The summed E-state index contributed by atoms with van der Waals surface area (Å²) < 4.78 is 5.50. The Morgan fingerprint density at radius 1 is 1.37 bits per heavy atom. The number of piperidine rings is 1. The molecule has 1 atom stereocenters. The minimum atomic E-state index is 0.570. The van der Waals surface area contributed by atoms with E-state index in [2.05, 4.69) is 16.8 Å². The lowest BCUT2D eigenvalue weighted by atomic mass is 9.98. The van der Waals surface area contributed by atoms with Crippen LogP contribution in [0, 0.1) is 0 Å². The van der Waals surface area contributed by atoms with E-state index in [0.717, 1.165) is 12.4 Å². The Hall–Kier alpha value is -1.45. The largest absolute Gasteiger partial charge is 0.476 e. The van der Waals surface area contributed by atoms with Crippen LogP contribution in [0.5, 0.6) is 5.88 Å². The van der Waals surface area contributed by atoms with E-state index in [1.807, 2.05) is 19.1 Å². The highest BCUT2D eigenvalue weighted by molar-refractivity contribution is 5.55. The Kier molecular flexibility index (Phi) is 4.88. The molecule has 1 unspecified atom stereocenters. The van der Waals surface area contributed by atoms with Crippen LogP contribution in [0.3, 0.4) is 0 Å². The van der Waals surface area contributed by atoms with Gasteiger partial charge in [-0.1, -0.05) is 13.3 Å². The smallest absolute Gasteiger partial charge is 0.239 e. The third-order valence-corrected chi connectivity index (χ3v) is 3.70. The summed E-state index contributed by atoms with van der Waals surface area (Å²) in [7, 11) is 0. The maximum absolute atomic E-state index is 5.89. The number of aromatic nitrogens is 1. The molecule has 4 heteroatoms. The fraction of sp³-hybridized carbons (Fsp3) is 0.667. The molecule has 1 saturated heterocycles. The van der Waals surface area contributed by atoms with E-state index in [9.17, 15) is 0 Å². The van der Waals surface area contributed by atoms with Gasteiger partial charge in [0, 0.05) is 12.6 Å². The van der Waals surface area contributed by atoms with E-state index in [1.165, 1.54) is 32.1 Å². The molecule has 19 heavy (non-hydrogen) atoms. The van der Waals surface area contributed by atoms with E-state index < -0.39 is 0 Å². The molecule has 0 aromatic carbocycles. The first kappa shape index (κ1) is 14.0. The number of anilines is 2. The molecular weight excluding hydrogens is 238 g/mol. The molecular formula is C15H25N3O. The van der Waals surface area contributed by atoms with Gasteiger partial charge in [-0.25, -0.2) is 0 Å². The zero-order chi connectivity index (χ0) is 13.7. The van der Waals surface area contributed by atoms with Crippen molar-refractivity contribution in [3.63, 3.8) is 0 Å². The zero-order valence-corrected chi connectivity index (χ0v) is 12.1. The highest BCUT2D eigenvalue weighted by Gasteiger charge is 2.23. The number of ether oxygens (including phenoxy) is 1. The van der Waals surface area contributed by atoms with Crippen LogP contribution in [-0.2, 0) is 0 Å². The Balaban J connectivity index is 2.20. The molecule has 0 amide bonds. The normalized spacial score (nSPS) is 19.5. The lowest BCUT2D eigenvalue weighted by molar-refractivity contribution is 0.328. The molecule has 2 N–H and O–H groups in total. The van der Waals surface area contributed by atoms with Gasteiger partial charge in [0.1, 0.15) is 5.82 Å². The van der Waals surface area contributed by atoms with E-state index in [0.29, 0.717) is 24.2 Å². The van der Waals surface area contributed by atoms with Crippen LogP contribution in [0.4, 0.5) is 11.5 Å². The van der Waals surface area contributed by atoms with Crippen LogP contribution in [0.15, 0.2) is 12.1 Å². The van der Waals surface area contributed by atoms with Gasteiger partial charge in [0.25, 0.3) is 0 Å². The summed E-state index contributed by atoms with van der Waals surface area (Å²) in [6.45, 7) is 5.88. The predicted octanol–water partition coefficient (Wildman–Crippen LogP) is 3.22. The summed E-state index contributed by atoms with van der Waals surface area (Å²) in [4.78, 5) is 7.02. The molecule has 4 nitrogen and oxygen atoms in total. The standard InChI is InChI=1S/C15H25N3O/c1-3-7-12-8-5-6-11-18(12)14-10-9-13(16)15(17-14)19-4-2/h9-10,12H,3-8,11,16H2,1-2H3. The first-order chi connectivity index (χ1) is 9.26. The van der Waals surface area contributed by atoms with Crippen molar-refractivity contribution in [2.45, 2.75) is 52.0 Å². The Morgan fingerprint density at radius 2 is 2.21 bits per heavy atom. The lowest BCUT2D eigenvalue weighted by Gasteiger charge is -2.36. The number of hydrogen-bond donors (Lipinski definition) is 1. The van der Waals surface area contributed by atoms with Crippen molar-refractivity contribution in [3.05, 3.63) is 12.1 Å². The lowest BCUT2D eigenvalue weighted by Crippen LogP contribution is -2.40. The third kappa shape index (κ3) is 3.31. The average molecular weight is 263 g/mol. The highest BCUT2D eigenvalue weighted by Crippen LogP contribution is 2.29. The number of nitrogens with two attached hydrogens (primary N) is 1. The Labute approximate surface area is 116 Å². The molecule has 106 valence electrons. The molecule has 2 heterocycles. The van der Waals surface area contributed by atoms with Crippen LogP contribution < -0.4 is 15.4 Å². The second-order valence-corrected chi connectivity index (χ2v) is 5.13. The maximum Gasteiger partial charge on any atom is 0.239 e. The monoisotopic (exact) mass is 263 g/mol. The molecule has 0 saturated carbocycles. The number of nitrogen functional groups attached to an aromatic ring is 1. The predicted molar refractivity (Wildman–Crippen MR) is 79.7 cm³/mol. The number of rotatable bonds is 5. The van der Waals surface area contributed by atoms with Gasteiger partial charge in [0.15, 0.2) is 0 Å². The van der Waals surface area contributed by atoms with Crippen molar-refractivity contribution in [3.8, 4) is 5.88 Å². The van der Waals surface area contributed by atoms with Gasteiger partial charge in [-0.3, -0.25) is 0 Å². The molecule has 1 aliphatic rings. The van der Waals surface area contributed by atoms with Crippen LogP contribution >= 0.6 is 0 Å². The van der Waals surface area contributed by atoms with Crippen molar-refractivity contribution < 1.29 is 4.74 Å². The number of hydrogen-bond acceptors (Lipinski definition) is 4. The fourth-order valence-electron chi connectivity index (χ4n) is 2.79. The molecule has 1 aromatic rings. The quantitative estimate of drug-likeness (QED) is 0.886. The second-order valence-electron chi connectivity index (χ2n) is 5.13. The van der Waals surface area contributed by atoms with Crippen molar-refractivity contribution in [2.75, 3.05) is 23.8 Å². The van der Waals surface area contributed by atoms with Crippen molar-refractivity contribution in [1.29, 1.82) is 0 Å². The van der Waals surface area contributed by atoms with Gasteiger partial charge in [0.05, 0.1) is 12.3 Å². The average Bonchev–Trinajstić information content (AvgIpc) is 2.43. The second kappa shape index (κ2) is 6.64. The van der Waals surface area contributed by atoms with Crippen LogP contribution in [-0.4, -0.2) is 24.2 Å². The molecule has 1 fully saturated rings. The minimum absolute atomic E-state index is 0.570. The molecule has 2 rings (SSSR count). The molecule has 0 radical (unpaired) electrons. The van der Waals surface area contributed by atoms with Crippen LogP contribution in [0.25, 0.3) is 0 Å². The van der Waals surface area contributed by atoms with Crippen LogP contribution in [0.1, 0.15) is 46.0 Å². The summed E-state index contributed by atoms with van der Waals surface area (Å²) in [5, 5.41) is 0. The summed E-state index contributed by atoms with van der Waals surface area (Å²) in [5.74, 6) is 1.58. The summed E-state index contributed by atoms with van der Waals surface area (Å²) in [6, 6.07) is 4.54. The summed E-state index contributed by atoms with van der Waals surface area (Å²) in [6.07, 6.45) is 6.29. The van der Waals surface area contributed by atoms with Gasteiger partial charge in [0.2, 0.25) is 5.88 Å². The van der Waals surface area contributed by atoms with Gasteiger partial charge < -0.3 is 15.4 Å². The minimum Gasteiger partial charge on any atom is -0.476 e. The Morgan fingerprint density at radius 3 is 2.95 bits per heavy atom. The first-order valence-electron chi connectivity index (χ1n) is 7.42. The fourth-order valence-corrected chi connectivity index (χ4v) is 2.79. The highest BCUT2D eigenvalue weighted by atomic mass is 16.5. The number of nitrogens with zero attached hydrogens (tertiary/aromatic N) is 2. The van der Waals surface area contributed by atoms with Crippen molar-refractivity contribution >= 4 is 11.5 Å². The van der Waals surface area contributed by atoms with E-state index in [-0.39, 0.29) is 0 Å². The van der Waals surface area contributed by atoms with E-state index in [1.54, 1.807) is 0 Å². The molecule has 0 aliphatic carbocycles. The SMILES string of the molecule is CCCC1CCCCN1c1ccc(N)c(OCC)n1.